The van der Waals surface area contributed by atoms with Gasteiger partial charge in [-0.2, -0.15) is 26.3 Å². The van der Waals surface area contributed by atoms with E-state index in [9.17, 15) is 0 Å². The van der Waals surface area contributed by atoms with Crippen LogP contribution in [-0.2, 0) is 60.5 Å². The topological polar surface area (TPSA) is 98.8 Å². The average molecular weight is 1070 g/mol. The summed E-state index contributed by atoms with van der Waals surface area (Å²) in [6.07, 6.45) is 2.86. The number of hydrogen-bond donors (Lipinski definition) is 0. The molecular formula is C53H68F6N2O10S2. The van der Waals surface area contributed by atoms with Crippen LogP contribution in [0.5, 0.6) is 0 Å². The highest BCUT2D eigenvalue weighted by atomic mass is 32.2. The Bertz CT molecular complexity index is 2060. The summed E-state index contributed by atoms with van der Waals surface area (Å²) in [5.41, 5.74) is 0.263. The highest BCUT2D eigenvalue weighted by Gasteiger charge is 2.84. The number of rotatable bonds is 6. The van der Waals surface area contributed by atoms with Crippen molar-refractivity contribution in [3.05, 3.63) is 105 Å². The molecule has 2 aliphatic carbocycles. The van der Waals surface area contributed by atoms with Gasteiger partial charge in [0.1, 0.15) is 0 Å². The number of allylic oxidation sites excluding steroid dienone is 4. The van der Waals surface area contributed by atoms with Gasteiger partial charge in [-0.15, -0.1) is 23.5 Å². The minimum Gasteiger partial charge on any atom is -0.378 e. The third-order valence-electron chi connectivity index (χ3n) is 13.8. The van der Waals surface area contributed by atoms with Crippen LogP contribution in [0.3, 0.4) is 0 Å². The van der Waals surface area contributed by atoms with Crippen molar-refractivity contribution in [3.63, 3.8) is 0 Å². The Kier molecular flexibility index (Phi) is 20.1. The number of thioether (sulfide) groups is 2. The first kappa shape index (κ1) is 56.4. The van der Waals surface area contributed by atoms with Gasteiger partial charge in [0.25, 0.3) is 0 Å². The van der Waals surface area contributed by atoms with Crippen molar-refractivity contribution in [1.82, 2.24) is 9.80 Å². The fourth-order valence-electron chi connectivity index (χ4n) is 9.54. The molecule has 0 N–H and O–H groups in total. The van der Waals surface area contributed by atoms with E-state index in [1.54, 1.807) is 13.8 Å². The Labute approximate surface area is 433 Å². The molecule has 20 heteroatoms. The van der Waals surface area contributed by atoms with Crippen LogP contribution in [0.25, 0.3) is 9.81 Å². The second kappa shape index (κ2) is 26.0. The van der Waals surface area contributed by atoms with Crippen LogP contribution in [-0.4, -0.2) is 195 Å². The zero-order valence-corrected chi connectivity index (χ0v) is 43.4. The molecule has 2 saturated heterocycles. The van der Waals surface area contributed by atoms with E-state index in [1.807, 2.05) is 48.5 Å². The lowest BCUT2D eigenvalue weighted by molar-refractivity contribution is -0.258. The van der Waals surface area contributed by atoms with Gasteiger partial charge in [-0.05, 0) is 59.4 Å². The quantitative estimate of drug-likeness (QED) is 0.259. The molecule has 0 amide bonds. The predicted octanol–water partition coefficient (Wildman–Crippen LogP) is 8.40. The Balaban J connectivity index is 0.981. The summed E-state index contributed by atoms with van der Waals surface area (Å²) in [5.74, 6) is -15.9. The van der Waals surface area contributed by atoms with Gasteiger partial charge in [0, 0.05) is 60.2 Å². The van der Waals surface area contributed by atoms with Gasteiger partial charge in [-0.1, -0.05) is 48.5 Å². The lowest BCUT2D eigenvalue weighted by Crippen LogP contribution is -2.48. The number of nitrogens with zero attached hydrogens (tertiary/aromatic N) is 2. The van der Waals surface area contributed by atoms with Crippen molar-refractivity contribution in [1.29, 1.82) is 0 Å². The molecule has 1 saturated carbocycles. The molecule has 8 rings (SSSR count). The van der Waals surface area contributed by atoms with Crippen LogP contribution in [0.15, 0.2) is 83.0 Å². The molecule has 0 aromatic heterocycles. The van der Waals surface area contributed by atoms with E-state index in [0.717, 1.165) is 11.1 Å². The molecule has 2 aromatic carbocycles. The maximum absolute atomic E-state index is 16.2. The van der Waals surface area contributed by atoms with Crippen LogP contribution in [0.2, 0.25) is 0 Å². The monoisotopic (exact) mass is 1070 g/mol. The predicted molar refractivity (Wildman–Crippen MR) is 268 cm³/mol. The zero-order chi connectivity index (χ0) is 51.4. The molecule has 0 radical (unpaired) electrons. The van der Waals surface area contributed by atoms with Gasteiger partial charge in [-0.3, -0.25) is 9.80 Å². The van der Waals surface area contributed by atoms with E-state index >= 15 is 26.3 Å². The Hall–Kier alpha value is -2.80. The summed E-state index contributed by atoms with van der Waals surface area (Å²) in [4.78, 5) is 5.45. The van der Waals surface area contributed by atoms with Gasteiger partial charge in [0.2, 0.25) is 0 Å². The first-order chi connectivity index (χ1) is 35.3. The van der Waals surface area contributed by atoms with Gasteiger partial charge < -0.3 is 47.4 Å². The molecule has 0 spiro atoms. The second-order valence-corrected chi connectivity index (χ2v) is 21.6. The van der Waals surface area contributed by atoms with Crippen LogP contribution < -0.4 is 0 Å². The number of alkyl halides is 6. The summed E-state index contributed by atoms with van der Waals surface area (Å²) >= 11 is 2.50. The van der Waals surface area contributed by atoms with Crippen LogP contribution in [0.1, 0.15) is 36.1 Å². The highest BCUT2D eigenvalue weighted by Crippen LogP contribution is 2.75. The normalized spacial score (nSPS) is 28.4. The summed E-state index contributed by atoms with van der Waals surface area (Å²) in [6.45, 7) is 16.2. The largest absolute Gasteiger partial charge is 0.380 e. The highest BCUT2D eigenvalue weighted by molar-refractivity contribution is 8.14. The van der Waals surface area contributed by atoms with Gasteiger partial charge >= 0.3 is 17.8 Å². The standard InChI is InChI=1S/C53H68F6N2O10S2/c1-49-43(35-45(72-49)41-7-3-39(4-8-41)37-60-11-15-62-19-23-66-27-31-70-32-28-67-24-20-63-16-12-60)47-48(52(56,57)53(58,59)51(47,54)55)44-36-46(73-50(44,49)2)42-9-5-40(6-10-42)38-61-13-17-64-21-25-68-29-33-71-34-30-69-26-22-65-18-14-61/h3-10,35-36H,11-34,37-38H2,1-2H3/t49-,50-/m1/s1. The molecule has 404 valence electrons. The smallest absolute Gasteiger partial charge is 0.378 e. The molecule has 2 atom stereocenters. The van der Waals surface area contributed by atoms with Crippen molar-refractivity contribution in [2.24, 2.45) is 0 Å². The fourth-order valence-corrected chi connectivity index (χ4v) is 12.7. The van der Waals surface area contributed by atoms with E-state index in [-0.39, 0.29) is 11.1 Å². The number of hydrogen-bond acceptors (Lipinski definition) is 14. The molecule has 3 fully saturated rings. The summed E-state index contributed by atoms with van der Waals surface area (Å²) in [5, 5.41) is 0. The first-order valence-electron chi connectivity index (χ1n) is 25.1. The Morgan fingerprint density at radius 1 is 0.384 bits per heavy atom. The number of benzene rings is 2. The zero-order valence-electron chi connectivity index (χ0n) is 41.7. The lowest BCUT2D eigenvalue weighted by Gasteiger charge is -2.47. The average Bonchev–Trinajstić information content (AvgIpc) is 3.95. The molecule has 12 nitrogen and oxygen atoms in total. The van der Waals surface area contributed by atoms with Gasteiger partial charge in [0.05, 0.1) is 142 Å². The minimum atomic E-state index is -5.65. The summed E-state index contributed by atoms with van der Waals surface area (Å²) in [6, 6.07) is 15.2. The number of ether oxygens (including phenoxy) is 10. The molecule has 0 unspecified atom stereocenters. The van der Waals surface area contributed by atoms with E-state index in [4.69, 9.17) is 47.4 Å². The van der Waals surface area contributed by atoms with Crippen molar-refractivity contribution >= 4 is 33.3 Å². The van der Waals surface area contributed by atoms with Gasteiger partial charge in [0.15, 0.2) is 0 Å². The first-order valence-corrected chi connectivity index (χ1v) is 26.8. The van der Waals surface area contributed by atoms with Crippen molar-refractivity contribution in [2.75, 3.05) is 158 Å². The van der Waals surface area contributed by atoms with Gasteiger partial charge in [-0.25, -0.2) is 0 Å². The Morgan fingerprint density at radius 2 is 0.630 bits per heavy atom. The third kappa shape index (κ3) is 13.1. The lowest BCUT2D eigenvalue weighted by atomic mass is 9.71. The van der Waals surface area contributed by atoms with E-state index < -0.39 is 38.4 Å². The molecule has 4 aliphatic heterocycles. The maximum atomic E-state index is 16.2. The van der Waals surface area contributed by atoms with Crippen LogP contribution in [0, 0.1) is 0 Å². The SMILES string of the molecule is C[C@@]12SC(c3ccc(CN4CCOCCOCCOCCOCCOCC4)cc3)=CC1=C1C(=C3C=C(c4ccc(CN5CCOCCOCCOCCOCCOCC5)cc4)S[C@]32C)C(F)(F)C(F)(F)C1(F)F. The van der Waals surface area contributed by atoms with E-state index in [2.05, 4.69) is 9.80 Å². The molecule has 4 heterocycles. The molecule has 0 bridgehead atoms. The Morgan fingerprint density at radius 3 is 0.890 bits per heavy atom. The minimum absolute atomic E-state index is 0.207. The summed E-state index contributed by atoms with van der Waals surface area (Å²) in [7, 11) is 0. The molecule has 2 aromatic rings. The number of halogens is 6. The van der Waals surface area contributed by atoms with E-state index in [0.29, 0.717) is 192 Å². The summed E-state index contributed by atoms with van der Waals surface area (Å²) < 4.78 is 150. The van der Waals surface area contributed by atoms with Crippen molar-refractivity contribution in [2.45, 2.75) is 54.2 Å². The van der Waals surface area contributed by atoms with E-state index in [1.165, 1.54) is 35.7 Å². The third-order valence-corrected chi connectivity index (χ3v) is 17.1. The van der Waals surface area contributed by atoms with Crippen molar-refractivity contribution in [3.8, 4) is 0 Å². The molecular weight excluding hydrogens is 1000 g/mol. The molecule has 73 heavy (non-hydrogen) atoms. The fraction of sp³-hybridized carbons (Fsp3) is 0.623. The second-order valence-electron chi connectivity index (χ2n) is 18.7. The maximum Gasteiger partial charge on any atom is 0.380 e. The van der Waals surface area contributed by atoms with Crippen LogP contribution >= 0.6 is 23.5 Å². The van der Waals surface area contributed by atoms with Crippen molar-refractivity contribution < 1.29 is 73.7 Å². The molecule has 6 aliphatic rings. The van der Waals surface area contributed by atoms with Crippen LogP contribution in [0.4, 0.5) is 26.3 Å². The number of fused-ring (bicyclic) bond motifs is 4.